The Morgan fingerprint density at radius 3 is 2.43 bits per heavy atom. The summed E-state index contributed by atoms with van der Waals surface area (Å²) >= 11 is 0. The lowest BCUT2D eigenvalue weighted by Crippen LogP contribution is -2.43. The zero-order valence-electron chi connectivity index (χ0n) is 17.0. The summed E-state index contributed by atoms with van der Waals surface area (Å²) < 4.78 is 38.3. The summed E-state index contributed by atoms with van der Waals surface area (Å²) in [5.74, 6) is -0.281. The van der Waals surface area contributed by atoms with Gasteiger partial charge in [-0.2, -0.15) is 13.2 Å². The molecule has 1 amide bonds. The molecule has 2 N–H and O–H groups in total. The Labute approximate surface area is 174 Å². The fourth-order valence-corrected chi connectivity index (χ4v) is 3.35. The van der Waals surface area contributed by atoms with Crippen molar-refractivity contribution in [3.8, 4) is 0 Å². The number of alkyl halides is 3. The highest BCUT2D eigenvalue weighted by atomic mass is 19.4. The van der Waals surface area contributed by atoms with Crippen molar-refractivity contribution >= 4 is 11.6 Å². The molecule has 162 valence electrons. The van der Waals surface area contributed by atoms with E-state index in [1.54, 1.807) is 0 Å². The van der Waals surface area contributed by atoms with Crippen LogP contribution in [-0.2, 0) is 24.1 Å². The predicted octanol–water partition coefficient (Wildman–Crippen LogP) is 3.18. The minimum absolute atomic E-state index is 0.0949. The van der Waals surface area contributed by atoms with Gasteiger partial charge in [0.25, 0.3) is 0 Å². The number of anilines is 1. The Morgan fingerprint density at radius 2 is 1.70 bits per heavy atom. The molecule has 1 aliphatic heterocycles. The van der Waals surface area contributed by atoms with Crippen LogP contribution in [0.15, 0.2) is 48.5 Å². The van der Waals surface area contributed by atoms with Crippen LogP contribution in [0.1, 0.15) is 16.7 Å². The van der Waals surface area contributed by atoms with Gasteiger partial charge in [-0.25, -0.2) is 0 Å². The van der Waals surface area contributed by atoms with Crippen molar-refractivity contribution in [1.82, 2.24) is 15.1 Å². The summed E-state index contributed by atoms with van der Waals surface area (Å²) in [7, 11) is 2.13. The normalized spacial score (nSPS) is 15.7. The van der Waals surface area contributed by atoms with Gasteiger partial charge in [0.15, 0.2) is 0 Å². The molecular formula is C22H27F3N4O. The number of hydrogen-bond acceptors (Lipinski definition) is 4. The van der Waals surface area contributed by atoms with Crippen LogP contribution in [0.5, 0.6) is 0 Å². The molecule has 8 heteroatoms. The van der Waals surface area contributed by atoms with E-state index in [-0.39, 0.29) is 18.1 Å². The van der Waals surface area contributed by atoms with Crippen molar-refractivity contribution < 1.29 is 18.0 Å². The van der Waals surface area contributed by atoms with Crippen LogP contribution in [0.4, 0.5) is 18.9 Å². The number of piperazine rings is 1. The van der Waals surface area contributed by atoms with Crippen molar-refractivity contribution in [3.63, 3.8) is 0 Å². The number of nitrogens with zero attached hydrogens (tertiary/aromatic N) is 2. The molecule has 5 nitrogen and oxygen atoms in total. The average Bonchev–Trinajstić information content (AvgIpc) is 2.72. The second kappa shape index (κ2) is 9.95. The summed E-state index contributed by atoms with van der Waals surface area (Å²) in [5, 5.41) is 5.55. The van der Waals surface area contributed by atoms with E-state index < -0.39 is 11.7 Å². The smallest absolute Gasteiger partial charge is 0.376 e. The first-order valence-electron chi connectivity index (χ1n) is 9.96. The second-order valence-corrected chi connectivity index (χ2v) is 7.61. The summed E-state index contributed by atoms with van der Waals surface area (Å²) in [6.45, 7) is 5.37. The van der Waals surface area contributed by atoms with E-state index in [0.717, 1.165) is 50.4 Å². The van der Waals surface area contributed by atoms with Crippen LogP contribution >= 0.6 is 0 Å². The standard InChI is InChI=1S/C22H27F3N4O/c1-28-8-10-29(11-9-28)16-18-5-2-4-17(12-18)14-27-21(30)15-26-20-7-3-6-19(13-20)22(23,24)25/h2-7,12-13,26H,8-11,14-16H2,1H3,(H,27,30). The molecule has 0 aromatic heterocycles. The van der Waals surface area contributed by atoms with Crippen molar-refractivity contribution in [2.24, 2.45) is 0 Å². The van der Waals surface area contributed by atoms with E-state index in [2.05, 4.69) is 39.6 Å². The molecule has 0 atom stereocenters. The van der Waals surface area contributed by atoms with Crippen LogP contribution in [0.2, 0.25) is 0 Å². The van der Waals surface area contributed by atoms with Gasteiger partial charge in [0, 0.05) is 45.0 Å². The van der Waals surface area contributed by atoms with Gasteiger partial charge >= 0.3 is 6.18 Å². The van der Waals surface area contributed by atoms with Gasteiger partial charge in [-0.1, -0.05) is 30.3 Å². The number of amides is 1. The van der Waals surface area contributed by atoms with Crippen molar-refractivity contribution in [1.29, 1.82) is 0 Å². The first kappa shape index (κ1) is 22.1. The molecule has 2 aromatic carbocycles. The largest absolute Gasteiger partial charge is 0.416 e. The van der Waals surface area contributed by atoms with Crippen LogP contribution in [0.3, 0.4) is 0 Å². The van der Waals surface area contributed by atoms with Gasteiger partial charge in [0.2, 0.25) is 5.91 Å². The van der Waals surface area contributed by atoms with Crippen LogP contribution in [0.25, 0.3) is 0 Å². The molecule has 30 heavy (non-hydrogen) atoms. The minimum atomic E-state index is -4.41. The third-order valence-electron chi connectivity index (χ3n) is 5.13. The third kappa shape index (κ3) is 6.74. The van der Waals surface area contributed by atoms with E-state index >= 15 is 0 Å². The summed E-state index contributed by atoms with van der Waals surface area (Å²) in [6, 6.07) is 12.9. The third-order valence-corrected chi connectivity index (χ3v) is 5.13. The monoisotopic (exact) mass is 420 g/mol. The second-order valence-electron chi connectivity index (χ2n) is 7.61. The molecular weight excluding hydrogens is 393 g/mol. The number of benzene rings is 2. The number of carbonyl (C=O) groups excluding carboxylic acids is 1. The lowest BCUT2D eigenvalue weighted by atomic mass is 10.1. The van der Waals surface area contributed by atoms with Gasteiger partial charge in [-0.3, -0.25) is 9.69 Å². The molecule has 1 aliphatic rings. The average molecular weight is 420 g/mol. The maximum Gasteiger partial charge on any atom is 0.416 e. The Bertz CT molecular complexity index is 848. The number of hydrogen-bond donors (Lipinski definition) is 2. The van der Waals surface area contributed by atoms with E-state index in [4.69, 9.17) is 0 Å². The zero-order valence-corrected chi connectivity index (χ0v) is 17.0. The van der Waals surface area contributed by atoms with Crippen LogP contribution in [0, 0.1) is 0 Å². The van der Waals surface area contributed by atoms with Gasteiger partial charge in [0.1, 0.15) is 0 Å². The van der Waals surface area contributed by atoms with Gasteiger partial charge in [0.05, 0.1) is 12.1 Å². The predicted molar refractivity (Wildman–Crippen MR) is 111 cm³/mol. The highest BCUT2D eigenvalue weighted by Gasteiger charge is 2.30. The Kier molecular flexibility index (Phi) is 7.33. The van der Waals surface area contributed by atoms with Gasteiger partial charge in [-0.05, 0) is 36.4 Å². The Morgan fingerprint density at radius 1 is 1.00 bits per heavy atom. The van der Waals surface area contributed by atoms with E-state index in [1.807, 2.05) is 12.1 Å². The van der Waals surface area contributed by atoms with Crippen LogP contribution < -0.4 is 10.6 Å². The molecule has 0 aliphatic carbocycles. The van der Waals surface area contributed by atoms with Crippen molar-refractivity contribution in [2.45, 2.75) is 19.3 Å². The number of nitrogens with one attached hydrogen (secondary N) is 2. The summed E-state index contributed by atoms with van der Waals surface area (Å²) in [6.07, 6.45) is -4.41. The SMILES string of the molecule is CN1CCN(Cc2cccc(CNC(=O)CNc3cccc(C(F)(F)F)c3)c2)CC1. The molecule has 0 spiro atoms. The lowest BCUT2D eigenvalue weighted by Gasteiger charge is -2.32. The molecule has 1 heterocycles. The van der Waals surface area contributed by atoms with E-state index in [1.165, 1.54) is 17.7 Å². The molecule has 1 saturated heterocycles. The topological polar surface area (TPSA) is 47.6 Å². The highest BCUT2D eigenvalue weighted by Crippen LogP contribution is 2.30. The zero-order chi connectivity index (χ0) is 21.6. The number of rotatable bonds is 7. The highest BCUT2D eigenvalue weighted by molar-refractivity contribution is 5.80. The molecule has 0 unspecified atom stereocenters. The van der Waals surface area contributed by atoms with E-state index in [0.29, 0.717) is 6.54 Å². The molecule has 1 fully saturated rings. The first-order chi connectivity index (χ1) is 14.3. The molecule has 0 saturated carbocycles. The first-order valence-corrected chi connectivity index (χ1v) is 9.96. The molecule has 0 radical (unpaired) electrons. The van der Waals surface area contributed by atoms with Crippen molar-refractivity contribution in [2.75, 3.05) is 45.1 Å². The maximum atomic E-state index is 12.8. The van der Waals surface area contributed by atoms with E-state index in [9.17, 15) is 18.0 Å². The van der Waals surface area contributed by atoms with Gasteiger partial charge < -0.3 is 15.5 Å². The van der Waals surface area contributed by atoms with Crippen molar-refractivity contribution in [3.05, 3.63) is 65.2 Å². The Hall–Kier alpha value is -2.58. The number of likely N-dealkylation sites (N-methyl/N-ethyl adjacent to an activating group) is 1. The Balaban J connectivity index is 1.46. The lowest BCUT2D eigenvalue weighted by molar-refractivity contribution is -0.137. The minimum Gasteiger partial charge on any atom is -0.376 e. The van der Waals surface area contributed by atoms with Crippen LogP contribution in [-0.4, -0.2) is 55.5 Å². The quantitative estimate of drug-likeness (QED) is 0.723. The number of carbonyl (C=O) groups is 1. The maximum absolute atomic E-state index is 12.8. The van der Waals surface area contributed by atoms with Gasteiger partial charge in [-0.15, -0.1) is 0 Å². The molecule has 0 bridgehead atoms. The summed E-state index contributed by atoms with van der Waals surface area (Å²) in [5.41, 5.74) is 1.71. The fraction of sp³-hybridized carbons (Fsp3) is 0.409. The summed E-state index contributed by atoms with van der Waals surface area (Å²) in [4.78, 5) is 16.8. The molecule has 3 rings (SSSR count). The fourth-order valence-electron chi connectivity index (χ4n) is 3.35. The molecule has 2 aromatic rings. The number of halogens is 3.